The average molecular weight is 983 g/mol. The highest BCUT2D eigenvalue weighted by Gasteiger charge is 2.22. The smallest absolute Gasteiger partial charge is 0.272 e. The Morgan fingerprint density at radius 1 is 0.493 bits per heavy atom. The van der Waals surface area contributed by atoms with Gasteiger partial charge in [-0.15, -0.1) is 22.7 Å². The Morgan fingerprint density at radius 3 is 1.22 bits per heavy atom. The van der Waals surface area contributed by atoms with E-state index >= 15 is 0 Å². The molecule has 0 fully saturated rings. The molecular formula is C47H62N14O6S2. The van der Waals surface area contributed by atoms with Gasteiger partial charge in [-0.05, 0) is 111 Å². The zero-order valence-corrected chi connectivity index (χ0v) is 42.0. The van der Waals surface area contributed by atoms with Crippen LogP contribution >= 0.6 is 22.7 Å². The number of unbranched alkanes of at least 4 members (excludes halogenated alkanes) is 2. The normalized spacial score (nSPS) is 11.3. The van der Waals surface area contributed by atoms with Crippen molar-refractivity contribution in [2.75, 3.05) is 75.6 Å². The Balaban J connectivity index is 1.13. The molecule has 368 valence electrons. The first-order valence-corrected chi connectivity index (χ1v) is 24.4. The molecule has 6 aromatic rings. The molecule has 0 atom stereocenters. The van der Waals surface area contributed by atoms with E-state index in [1.54, 1.807) is 106 Å². The molecular weight excluding hydrogens is 921 g/mol. The second-order valence-electron chi connectivity index (χ2n) is 17.3. The molecule has 0 aliphatic rings. The molecule has 0 bridgehead atoms. The molecule has 6 heterocycles. The molecule has 6 N–H and O–H groups in total. The number of carbonyl (C=O) groups excluding carboxylic acids is 6. The third kappa shape index (κ3) is 14.1. The Hall–Kier alpha value is -6.88. The van der Waals surface area contributed by atoms with Crippen LogP contribution in [-0.4, -0.2) is 128 Å². The molecule has 0 unspecified atom stereocenters. The van der Waals surface area contributed by atoms with Crippen LogP contribution in [0, 0.1) is 13.8 Å². The quantitative estimate of drug-likeness (QED) is 0.0404. The van der Waals surface area contributed by atoms with Crippen molar-refractivity contribution in [1.82, 2.24) is 48.7 Å². The SMILES string of the molecule is Cc1ncsc1C(=O)Nc1cc(C(=O)Nc2cc(C(=O)NCCCN(C)C)n(C)c2)n(CCCCCn2cc(NC(=O)c3scnc3C)cc2C(=O)Nc2cc(C(=O)NCCCN(C)C)n(C)c2)c1. The van der Waals surface area contributed by atoms with Gasteiger partial charge in [0.15, 0.2) is 0 Å². The standard InChI is InChI=1S/C47H62N14O6S2/c1-30-40(68-28-50-30)46(66)54-34-22-38(44(64)52-32-20-36(58(7)24-32)42(62)48-14-12-16-56(3)4)60(26-34)18-10-9-11-19-61-27-35(55-47(67)41-31(2)51-29-69-41)23-39(61)45(65)53-33-21-37(59(8)25-33)43(63)49-15-13-17-57(5)6/h20-29H,9-19H2,1-8H3,(H,48,62)(H,49,63)(H,52,64)(H,53,65)(H,54,66)(H,55,67). The van der Waals surface area contributed by atoms with E-state index in [1.165, 1.54) is 22.7 Å². The molecule has 6 rings (SSSR count). The third-order valence-electron chi connectivity index (χ3n) is 11.1. The van der Waals surface area contributed by atoms with Gasteiger partial charge in [-0.25, -0.2) is 9.97 Å². The Kier molecular flexibility index (Phi) is 17.9. The summed E-state index contributed by atoms with van der Waals surface area (Å²) in [4.78, 5) is 93.6. The number of thiazole rings is 2. The van der Waals surface area contributed by atoms with Crippen LogP contribution in [0.4, 0.5) is 22.7 Å². The zero-order valence-electron chi connectivity index (χ0n) is 40.4. The van der Waals surface area contributed by atoms with E-state index in [2.05, 4.69) is 41.9 Å². The number of amides is 6. The van der Waals surface area contributed by atoms with E-state index in [9.17, 15) is 28.8 Å². The first kappa shape index (κ1) is 51.5. The highest BCUT2D eigenvalue weighted by Crippen LogP contribution is 2.24. The number of nitrogens with one attached hydrogen (secondary N) is 6. The van der Waals surface area contributed by atoms with Crippen molar-refractivity contribution in [1.29, 1.82) is 0 Å². The van der Waals surface area contributed by atoms with Crippen molar-refractivity contribution in [3.05, 3.63) is 104 Å². The first-order chi connectivity index (χ1) is 33.0. The van der Waals surface area contributed by atoms with Gasteiger partial charge in [-0.1, -0.05) is 0 Å². The molecule has 20 nitrogen and oxygen atoms in total. The molecule has 0 aliphatic heterocycles. The van der Waals surface area contributed by atoms with Crippen molar-refractivity contribution in [3.63, 3.8) is 0 Å². The van der Waals surface area contributed by atoms with E-state index in [4.69, 9.17) is 0 Å². The van der Waals surface area contributed by atoms with E-state index in [0.717, 1.165) is 25.9 Å². The number of anilines is 4. The van der Waals surface area contributed by atoms with Crippen molar-refractivity contribution < 1.29 is 28.8 Å². The maximum atomic E-state index is 13.9. The summed E-state index contributed by atoms with van der Waals surface area (Å²) in [6.45, 7) is 7.04. The fraction of sp³-hybridized carbons (Fsp3) is 0.404. The van der Waals surface area contributed by atoms with Crippen LogP contribution in [0.2, 0.25) is 0 Å². The largest absolute Gasteiger partial charge is 0.351 e. The van der Waals surface area contributed by atoms with Crippen LogP contribution in [-0.2, 0) is 27.2 Å². The van der Waals surface area contributed by atoms with Crippen molar-refractivity contribution in [3.8, 4) is 0 Å². The van der Waals surface area contributed by atoms with E-state index < -0.39 is 11.8 Å². The maximum Gasteiger partial charge on any atom is 0.272 e. The first-order valence-electron chi connectivity index (χ1n) is 22.6. The lowest BCUT2D eigenvalue weighted by molar-refractivity contribution is 0.0936. The number of aromatic nitrogens is 6. The number of carbonyl (C=O) groups is 6. The van der Waals surface area contributed by atoms with Crippen molar-refractivity contribution in [2.24, 2.45) is 14.1 Å². The van der Waals surface area contributed by atoms with Gasteiger partial charge in [0.2, 0.25) is 0 Å². The summed E-state index contributed by atoms with van der Waals surface area (Å²) in [5.41, 5.74) is 7.54. The van der Waals surface area contributed by atoms with Crippen LogP contribution in [0.3, 0.4) is 0 Å². The summed E-state index contributed by atoms with van der Waals surface area (Å²) < 4.78 is 6.89. The highest BCUT2D eigenvalue weighted by molar-refractivity contribution is 7.12. The van der Waals surface area contributed by atoms with E-state index in [1.807, 2.05) is 38.0 Å². The Labute approximate surface area is 409 Å². The third-order valence-corrected chi connectivity index (χ3v) is 13.0. The van der Waals surface area contributed by atoms with E-state index in [0.29, 0.717) is 112 Å². The molecule has 0 aliphatic carbocycles. The summed E-state index contributed by atoms with van der Waals surface area (Å²) >= 11 is 2.45. The average Bonchev–Trinajstić information content (AvgIpc) is 4.17. The monoisotopic (exact) mass is 982 g/mol. The molecule has 0 aromatic carbocycles. The minimum atomic E-state index is -0.426. The summed E-state index contributed by atoms with van der Waals surface area (Å²) in [7, 11) is 11.4. The van der Waals surface area contributed by atoms with E-state index in [-0.39, 0.29) is 23.6 Å². The molecule has 0 radical (unpaired) electrons. The van der Waals surface area contributed by atoms with Crippen LogP contribution in [0.1, 0.15) is 105 Å². The second-order valence-corrected chi connectivity index (χ2v) is 19.0. The minimum absolute atomic E-state index is 0.249. The maximum absolute atomic E-state index is 13.9. The fourth-order valence-corrected chi connectivity index (χ4v) is 8.94. The van der Waals surface area contributed by atoms with Crippen LogP contribution in [0.5, 0.6) is 0 Å². The number of aryl methyl sites for hydroxylation is 6. The highest BCUT2D eigenvalue weighted by atomic mass is 32.1. The number of rotatable bonds is 24. The van der Waals surface area contributed by atoms with Gasteiger partial charge in [-0.3, -0.25) is 28.8 Å². The van der Waals surface area contributed by atoms with Gasteiger partial charge in [0.05, 0.1) is 45.2 Å². The van der Waals surface area contributed by atoms with Crippen molar-refractivity contribution >= 4 is 80.9 Å². The Bertz CT molecular complexity index is 2590. The lowest BCUT2D eigenvalue weighted by Gasteiger charge is -2.11. The van der Waals surface area contributed by atoms with Crippen LogP contribution in [0.15, 0.2) is 60.1 Å². The summed E-state index contributed by atoms with van der Waals surface area (Å²) in [6.07, 6.45) is 10.3. The molecule has 6 amide bonds. The number of hydrogen-bond acceptors (Lipinski definition) is 12. The molecule has 22 heteroatoms. The lowest BCUT2D eigenvalue weighted by atomic mass is 10.2. The molecule has 0 saturated heterocycles. The zero-order chi connectivity index (χ0) is 49.8. The number of hydrogen-bond donors (Lipinski definition) is 6. The summed E-state index contributed by atoms with van der Waals surface area (Å²) in [6, 6.07) is 6.49. The molecule has 0 saturated carbocycles. The predicted molar refractivity (Wildman–Crippen MR) is 270 cm³/mol. The fourth-order valence-electron chi connectivity index (χ4n) is 7.55. The topological polar surface area (TPSA) is 227 Å². The van der Waals surface area contributed by atoms with Gasteiger partial charge in [0.1, 0.15) is 32.5 Å². The minimum Gasteiger partial charge on any atom is -0.351 e. The summed E-state index contributed by atoms with van der Waals surface area (Å²) in [5, 5.41) is 17.5. The molecule has 6 aromatic heterocycles. The number of nitrogens with zero attached hydrogens (tertiary/aromatic N) is 8. The van der Waals surface area contributed by atoms with Gasteiger partial charge in [0, 0.05) is 65.1 Å². The van der Waals surface area contributed by atoms with Gasteiger partial charge in [0.25, 0.3) is 35.4 Å². The Morgan fingerprint density at radius 2 is 0.855 bits per heavy atom. The van der Waals surface area contributed by atoms with Gasteiger partial charge >= 0.3 is 0 Å². The lowest BCUT2D eigenvalue weighted by Crippen LogP contribution is -2.28. The molecule has 69 heavy (non-hydrogen) atoms. The second kappa shape index (κ2) is 23.9. The summed E-state index contributed by atoms with van der Waals surface area (Å²) in [5.74, 6) is -2.02. The van der Waals surface area contributed by atoms with Crippen LogP contribution in [0.25, 0.3) is 0 Å². The van der Waals surface area contributed by atoms with Gasteiger partial charge in [-0.2, -0.15) is 0 Å². The predicted octanol–water partition coefficient (Wildman–Crippen LogP) is 5.74. The van der Waals surface area contributed by atoms with Crippen LogP contribution < -0.4 is 31.9 Å². The van der Waals surface area contributed by atoms with Gasteiger partial charge < -0.3 is 60.0 Å². The molecule has 0 spiro atoms. The van der Waals surface area contributed by atoms with Crippen molar-refractivity contribution in [2.45, 2.75) is 59.0 Å².